The van der Waals surface area contributed by atoms with E-state index in [0.29, 0.717) is 6.04 Å². The second kappa shape index (κ2) is 8.43. The van der Waals surface area contributed by atoms with Crippen molar-refractivity contribution in [2.45, 2.75) is 71.4 Å². The Morgan fingerprint density at radius 1 is 1.14 bits per heavy atom. The van der Waals surface area contributed by atoms with Crippen LogP contribution in [0.3, 0.4) is 0 Å². The van der Waals surface area contributed by atoms with E-state index in [9.17, 15) is 0 Å². The number of benzene rings is 1. The SMILES string of the molecule is CCCNC(C)c1ccc(N2CCCCCC2CC)cc1. The molecule has 1 heterocycles. The van der Waals surface area contributed by atoms with Gasteiger partial charge in [-0.15, -0.1) is 0 Å². The van der Waals surface area contributed by atoms with Gasteiger partial charge in [0.15, 0.2) is 0 Å². The lowest BCUT2D eigenvalue weighted by atomic mass is 10.0. The normalized spacial score (nSPS) is 21.1. The maximum Gasteiger partial charge on any atom is 0.0368 e. The molecule has 0 amide bonds. The van der Waals surface area contributed by atoms with E-state index in [4.69, 9.17) is 0 Å². The predicted octanol–water partition coefficient (Wildman–Crippen LogP) is 4.91. The van der Waals surface area contributed by atoms with Crippen molar-refractivity contribution in [2.24, 2.45) is 0 Å². The molecule has 21 heavy (non-hydrogen) atoms. The number of hydrogen-bond donors (Lipinski definition) is 1. The quantitative estimate of drug-likeness (QED) is 0.800. The van der Waals surface area contributed by atoms with E-state index >= 15 is 0 Å². The molecule has 2 rings (SSSR count). The molecule has 1 aromatic carbocycles. The fourth-order valence-electron chi connectivity index (χ4n) is 3.37. The van der Waals surface area contributed by atoms with Gasteiger partial charge in [-0.2, -0.15) is 0 Å². The molecule has 0 bridgehead atoms. The maximum absolute atomic E-state index is 3.56. The fourth-order valence-corrected chi connectivity index (χ4v) is 3.37. The van der Waals surface area contributed by atoms with Crippen molar-refractivity contribution in [3.05, 3.63) is 29.8 Å². The molecule has 0 spiro atoms. The number of anilines is 1. The number of rotatable bonds is 6. The minimum atomic E-state index is 0.449. The maximum atomic E-state index is 3.56. The molecule has 1 aliphatic heterocycles. The van der Waals surface area contributed by atoms with Crippen LogP contribution in [0.25, 0.3) is 0 Å². The van der Waals surface area contributed by atoms with Gasteiger partial charge in [-0.3, -0.25) is 0 Å². The van der Waals surface area contributed by atoms with E-state index < -0.39 is 0 Å². The van der Waals surface area contributed by atoms with Gasteiger partial charge < -0.3 is 10.2 Å². The van der Waals surface area contributed by atoms with E-state index in [1.165, 1.54) is 56.3 Å². The Bertz CT molecular complexity index is 399. The Morgan fingerprint density at radius 2 is 1.90 bits per heavy atom. The second-order valence-electron chi connectivity index (χ2n) is 6.37. The van der Waals surface area contributed by atoms with Crippen molar-refractivity contribution >= 4 is 5.69 Å². The van der Waals surface area contributed by atoms with Crippen LogP contribution in [0.4, 0.5) is 5.69 Å². The third-order valence-electron chi connectivity index (χ3n) is 4.77. The summed E-state index contributed by atoms with van der Waals surface area (Å²) in [5.41, 5.74) is 2.81. The molecule has 118 valence electrons. The van der Waals surface area contributed by atoms with Crippen LogP contribution in [-0.2, 0) is 0 Å². The molecule has 1 fully saturated rings. The number of hydrogen-bond acceptors (Lipinski definition) is 2. The lowest BCUT2D eigenvalue weighted by Crippen LogP contribution is -2.34. The van der Waals surface area contributed by atoms with Gasteiger partial charge >= 0.3 is 0 Å². The molecule has 1 N–H and O–H groups in total. The molecule has 2 unspecified atom stereocenters. The van der Waals surface area contributed by atoms with Crippen molar-refractivity contribution in [2.75, 3.05) is 18.0 Å². The summed E-state index contributed by atoms with van der Waals surface area (Å²) in [7, 11) is 0. The van der Waals surface area contributed by atoms with E-state index in [2.05, 4.69) is 55.3 Å². The summed E-state index contributed by atoms with van der Waals surface area (Å²) in [5.74, 6) is 0. The third kappa shape index (κ3) is 4.47. The fraction of sp³-hybridized carbons (Fsp3) is 0.684. The zero-order chi connectivity index (χ0) is 15.1. The number of nitrogens with zero attached hydrogens (tertiary/aromatic N) is 1. The van der Waals surface area contributed by atoms with Crippen LogP contribution < -0.4 is 10.2 Å². The average molecular weight is 288 g/mol. The minimum Gasteiger partial charge on any atom is -0.369 e. The molecule has 1 aliphatic rings. The largest absolute Gasteiger partial charge is 0.369 e. The van der Waals surface area contributed by atoms with Crippen molar-refractivity contribution in [3.63, 3.8) is 0 Å². The monoisotopic (exact) mass is 288 g/mol. The summed E-state index contributed by atoms with van der Waals surface area (Å²) in [6.45, 7) is 9.11. The van der Waals surface area contributed by atoms with Crippen LogP contribution in [0.1, 0.15) is 70.9 Å². The van der Waals surface area contributed by atoms with Gasteiger partial charge in [-0.05, 0) is 56.8 Å². The van der Waals surface area contributed by atoms with Gasteiger partial charge in [0.2, 0.25) is 0 Å². The summed E-state index contributed by atoms with van der Waals surface area (Å²) >= 11 is 0. The smallest absolute Gasteiger partial charge is 0.0368 e. The Balaban J connectivity index is 2.06. The zero-order valence-electron chi connectivity index (χ0n) is 14.1. The first-order valence-electron chi connectivity index (χ1n) is 8.86. The molecule has 0 radical (unpaired) electrons. The Labute approximate surface area is 130 Å². The van der Waals surface area contributed by atoms with E-state index in [-0.39, 0.29) is 0 Å². The van der Waals surface area contributed by atoms with Gasteiger partial charge in [-0.1, -0.05) is 38.8 Å². The highest BCUT2D eigenvalue weighted by atomic mass is 15.2. The van der Waals surface area contributed by atoms with Crippen LogP contribution >= 0.6 is 0 Å². The first-order valence-corrected chi connectivity index (χ1v) is 8.86. The van der Waals surface area contributed by atoms with E-state index in [1.807, 2.05) is 0 Å². The van der Waals surface area contributed by atoms with Crippen LogP contribution in [0.15, 0.2) is 24.3 Å². The predicted molar refractivity (Wildman–Crippen MR) is 93.0 cm³/mol. The molecule has 0 aromatic heterocycles. The zero-order valence-corrected chi connectivity index (χ0v) is 14.1. The highest BCUT2D eigenvalue weighted by molar-refractivity contribution is 5.49. The van der Waals surface area contributed by atoms with Gasteiger partial charge in [0, 0.05) is 24.3 Å². The van der Waals surface area contributed by atoms with Crippen molar-refractivity contribution < 1.29 is 0 Å². The topological polar surface area (TPSA) is 15.3 Å². The average Bonchev–Trinajstić information content (AvgIpc) is 2.78. The Morgan fingerprint density at radius 3 is 2.57 bits per heavy atom. The second-order valence-corrected chi connectivity index (χ2v) is 6.37. The van der Waals surface area contributed by atoms with Gasteiger partial charge in [-0.25, -0.2) is 0 Å². The molecule has 1 saturated heterocycles. The van der Waals surface area contributed by atoms with Gasteiger partial charge in [0.1, 0.15) is 0 Å². The van der Waals surface area contributed by atoms with E-state index in [1.54, 1.807) is 0 Å². The molecular formula is C19H32N2. The van der Waals surface area contributed by atoms with Crippen LogP contribution in [-0.4, -0.2) is 19.1 Å². The number of nitrogens with one attached hydrogen (secondary N) is 1. The van der Waals surface area contributed by atoms with Crippen LogP contribution in [0.5, 0.6) is 0 Å². The molecule has 2 atom stereocenters. The molecule has 2 heteroatoms. The minimum absolute atomic E-state index is 0.449. The van der Waals surface area contributed by atoms with Gasteiger partial charge in [0.05, 0.1) is 0 Å². The van der Waals surface area contributed by atoms with Crippen LogP contribution in [0.2, 0.25) is 0 Å². The summed E-state index contributed by atoms with van der Waals surface area (Å²) < 4.78 is 0. The molecule has 1 aromatic rings. The first-order chi connectivity index (χ1) is 10.3. The first kappa shape index (κ1) is 16.4. The third-order valence-corrected chi connectivity index (χ3v) is 4.77. The summed E-state index contributed by atoms with van der Waals surface area (Å²) in [4.78, 5) is 2.64. The summed E-state index contributed by atoms with van der Waals surface area (Å²) in [6, 6.07) is 10.4. The van der Waals surface area contributed by atoms with Gasteiger partial charge in [0.25, 0.3) is 0 Å². The highest BCUT2D eigenvalue weighted by Gasteiger charge is 2.19. The summed E-state index contributed by atoms with van der Waals surface area (Å²) in [6.07, 6.45) is 7.93. The lowest BCUT2D eigenvalue weighted by molar-refractivity contribution is 0.555. The van der Waals surface area contributed by atoms with Crippen molar-refractivity contribution in [1.29, 1.82) is 0 Å². The molecule has 2 nitrogen and oxygen atoms in total. The highest BCUT2D eigenvalue weighted by Crippen LogP contribution is 2.27. The van der Waals surface area contributed by atoms with Crippen molar-refractivity contribution in [1.82, 2.24) is 5.32 Å². The molecular weight excluding hydrogens is 256 g/mol. The van der Waals surface area contributed by atoms with Crippen molar-refractivity contribution in [3.8, 4) is 0 Å². The Kier molecular flexibility index (Phi) is 6.56. The summed E-state index contributed by atoms with van der Waals surface area (Å²) in [5, 5.41) is 3.56. The molecule has 0 saturated carbocycles. The van der Waals surface area contributed by atoms with E-state index in [0.717, 1.165) is 12.6 Å². The molecule has 0 aliphatic carbocycles. The lowest BCUT2D eigenvalue weighted by Gasteiger charge is -2.31. The van der Waals surface area contributed by atoms with Crippen LogP contribution in [0, 0.1) is 0 Å². The Hall–Kier alpha value is -1.02. The standard InChI is InChI=1S/C19H32N2/c1-4-14-20-16(3)17-10-12-19(13-11-17)21-15-8-6-7-9-18(21)5-2/h10-13,16,18,20H,4-9,14-15H2,1-3H3.